The second-order valence-corrected chi connectivity index (χ2v) is 23.0. The quantitative estimate of drug-likeness (QED) is 0.264. The van der Waals surface area contributed by atoms with Gasteiger partial charge in [0.1, 0.15) is 8.07 Å². The molecule has 288 valence electrons. The summed E-state index contributed by atoms with van der Waals surface area (Å²) in [6.07, 6.45) is 21.5. The predicted octanol–water partition coefficient (Wildman–Crippen LogP) is 6.47. The molecule has 1 aromatic rings. The second-order valence-electron chi connectivity index (χ2n) is 17.4. The van der Waals surface area contributed by atoms with Crippen LogP contribution in [0.1, 0.15) is 82.6 Å². The van der Waals surface area contributed by atoms with Crippen molar-refractivity contribution in [2.75, 3.05) is 14.1 Å². The number of hydrogen-bond donors (Lipinski definition) is 2. The molecular formula is C43H54N8O2SSi. The lowest BCUT2D eigenvalue weighted by molar-refractivity contribution is -0.117. The van der Waals surface area contributed by atoms with Gasteiger partial charge in [-0.3, -0.25) is 9.59 Å². The Labute approximate surface area is 330 Å². The van der Waals surface area contributed by atoms with Crippen LogP contribution in [-0.2, 0) is 9.59 Å². The third kappa shape index (κ3) is 8.41. The molecule has 8 aliphatic rings. The van der Waals surface area contributed by atoms with Crippen LogP contribution in [0.5, 0.6) is 0 Å². The molecule has 2 aliphatic carbocycles. The number of rotatable bonds is 5. The normalized spacial score (nSPS) is 29.8. The summed E-state index contributed by atoms with van der Waals surface area (Å²) in [5.41, 5.74) is 11.2. The highest BCUT2D eigenvalue weighted by Gasteiger charge is 2.39. The van der Waals surface area contributed by atoms with E-state index in [1.807, 2.05) is 6.08 Å². The summed E-state index contributed by atoms with van der Waals surface area (Å²) in [6, 6.07) is 4.97. The summed E-state index contributed by atoms with van der Waals surface area (Å²) in [5.74, 6) is 3.14. The van der Waals surface area contributed by atoms with E-state index in [1.165, 1.54) is 44.1 Å². The number of allylic oxidation sites excluding steroid dienone is 6. The Morgan fingerprint density at radius 1 is 0.745 bits per heavy atom. The average Bonchev–Trinajstić information content (AvgIpc) is 3.92. The van der Waals surface area contributed by atoms with E-state index in [4.69, 9.17) is 0 Å². The van der Waals surface area contributed by atoms with Crippen molar-refractivity contribution < 1.29 is 9.59 Å². The Morgan fingerprint density at radius 3 is 1.75 bits per heavy atom. The predicted molar refractivity (Wildman–Crippen MR) is 227 cm³/mol. The third-order valence-corrected chi connectivity index (χ3v) is 14.1. The lowest BCUT2D eigenvalue weighted by atomic mass is 9.82. The van der Waals surface area contributed by atoms with E-state index in [9.17, 15) is 9.59 Å². The van der Waals surface area contributed by atoms with Crippen molar-refractivity contribution in [3.8, 4) is 11.5 Å². The summed E-state index contributed by atoms with van der Waals surface area (Å²) in [4.78, 5) is 31.0. The van der Waals surface area contributed by atoms with Crippen molar-refractivity contribution in [2.45, 2.75) is 133 Å². The lowest BCUT2D eigenvalue weighted by Crippen LogP contribution is -2.56. The summed E-state index contributed by atoms with van der Waals surface area (Å²) in [7, 11) is 3.03. The molecule has 4 fully saturated rings. The maximum Gasteiger partial charge on any atom is 0.272 e. The molecule has 12 heteroatoms. The zero-order valence-corrected chi connectivity index (χ0v) is 34.7. The number of nitrogens with one attached hydrogen (secondary N) is 2. The molecule has 4 atom stereocenters. The number of amides is 2. The first kappa shape index (κ1) is 37.9. The Kier molecular flexibility index (Phi) is 10.9. The summed E-state index contributed by atoms with van der Waals surface area (Å²) in [5, 5.41) is 27.7. The van der Waals surface area contributed by atoms with Crippen LogP contribution in [0.15, 0.2) is 78.3 Å². The SMILES string of the molecule is CN1C2CCCC1CC(NC(=O)C1=NN=C3CC=C(C#C[Si](C)(C)C)C=C31)C2.CN1C2CCCC1CC(NC(=O)C1=NN=C3CC=C(c4ccsc4)C=C31)C2. The zero-order valence-electron chi connectivity index (χ0n) is 32.9. The van der Waals surface area contributed by atoms with Gasteiger partial charge in [0, 0.05) is 65.8 Å². The topological polar surface area (TPSA) is 114 Å². The molecule has 0 saturated carbocycles. The largest absolute Gasteiger partial charge is 0.348 e. The van der Waals surface area contributed by atoms with Gasteiger partial charge in [-0.1, -0.05) is 50.6 Å². The number of nitrogens with zero attached hydrogens (tertiary/aromatic N) is 6. The molecule has 7 heterocycles. The van der Waals surface area contributed by atoms with Gasteiger partial charge in [0.15, 0.2) is 11.4 Å². The number of hydrogen-bond acceptors (Lipinski definition) is 9. The zero-order chi connectivity index (χ0) is 38.3. The average molecular weight is 775 g/mol. The van der Waals surface area contributed by atoms with E-state index in [2.05, 4.69) is 121 Å². The van der Waals surface area contributed by atoms with Gasteiger partial charge in [-0.25, -0.2) is 0 Å². The first-order valence-electron chi connectivity index (χ1n) is 20.2. The molecule has 2 N–H and O–H groups in total. The molecule has 1 aromatic heterocycles. The van der Waals surface area contributed by atoms with Crippen molar-refractivity contribution in [2.24, 2.45) is 20.4 Å². The van der Waals surface area contributed by atoms with Crippen LogP contribution < -0.4 is 10.6 Å². The molecule has 4 saturated heterocycles. The van der Waals surface area contributed by atoms with E-state index in [1.54, 1.807) is 11.3 Å². The Bertz CT molecular complexity index is 2010. The van der Waals surface area contributed by atoms with Gasteiger partial charge >= 0.3 is 0 Å². The minimum atomic E-state index is -1.43. The van der Waals surface area contributed by atoms with Crippen LogP contribution >= 0.6 is 11.3 Å². The monoisotopic (exact) mass is 774 g/mol. The molecular weight excluding hydrogens is 721 g/mol. The molecule has 0 radical (unpaired) electrons. The van der Waals surface area contributed by atoms with Gasteiger partial charge in [-0.05, 0) is 106 Å². The maximum absolute atomic E-state index is 13.0. The Morgan fingerprint density at radius 2 is 1.25 bits per heavy atom. The molecule has 0 spiro atoms. The van der Waals surface area contributed by atoms with E-state index in [-0.39, 0.29) is 23.9 Å². The molecule has 10 nitrogen and oxygen atoms in total. The highest BCUT2D eigenvalue weighted by atomic mass is 32.1. The Balaban J connectivity index is 0.000000155. The minimum absolute atomic E-state index is 0.0702. The van der Waals surface area contributed by atoms with Crippen LogP contribution in [0, 0.1) is 11.5 Å². The molecule has 9 rings (SSSR count). The van der Waals surface area contributed by atoms with E-state index >= 15 is 0 Å². The number of fused-ring (bicyclic) bond motifs is 6. The van der Waals surface area contributed by atoms with Gasteiger partial charge in [-0.2, -0.15) is 21.5 Å². The molecule has 4 unspecified atom stereocenters. The smallest absolute Gasteiger partial charge is 0.272 e. The van der Waals surface area contributed by atoms with E-state index in [0.717, 1.165) is 65.8 Å². The summed E-state index contributed by atoms with van der Waals surface area (Å²) < 4.78 is 0. The highest BCUT2D eigenvalue weighted by Crippen LogP contribution is 2.35. The van der Waals surface area contributed by atoms with Crippen LogP contribution in [0.2, 0.25) is 19.6 Å². The van der Waals surface area contributed by atoms with Gasteiger partial charge in [0.25, 0.3) is 11.8 Å². The molecule has 6 aliphatic heterocycles. The van der Waals surface area contributed by atoms with Crippen molar-refractivity contribution in [3.63, 3.8) is 0 Å². The number of piperidine rings is 4. The van der Waals surface area contributed by atoms with Gasteiger partial charge in [0.2, 0.25) is 0 Å². The number of thiophene rings is 1. The molecule has 4 bridgehead atoms. The fraction of sp³-hybridized carbons (Fsp3) is 0.535. The van der Waals surface area contributed by atoms with E-state index in [0.29, 0.717) is 42.0 Å². The third-order valence-electron chi connectivity index (χ3n) is 12.5. The standard InChI is InChI=1S/C22H30N4OSi.C21H24N4OS/c1-26-17-6-5-7-18(26)14-16(13-17)23-22(27)21-19-12-15(10-11-28(2,3)4)8-9-20(19)24-25-21;1-25-16-3-2-4-17(25)11-15(10-16)22-21(26)20-18-9-13(14-7-8-27-12-14)5-6-19(18)23-24-20/h8,12,16-18H,5-7,9,13-14H2,1-4H3,(H,23,27);5,7-9,12,15-17H,2-4,6,10-11H2,1H3,(H,22,26). The maximum atomic E-state index is 13.0. The van der Waals surface area contributed by atoms with Gasteiger partial charge < -0.3 is 20.4 Å². The van der Waals surface area contributed by atoms with E-state index < -0.39 is 8.07 Å². The summed E-state index contributed by atoms with van der Waals surface area (Å²) in [6.45, 7) is 6.70. The minimum Gasteiger partial charge on any atom is -0.348 e. The van der Waals surface area contributed by atoms with Crippen molar-refractivity contribution in [1.29, 1.82) is 0 Å². The molecule has 55 heavy (non-hydrogen) atoms. The first-order chi connectivity index (χ1) is 26.5. The molecule has 0 aromatic carbocycles. The van der Waals surface area contributed by atoms with Gasteiger partial charge in [0.05, 0.1) is 11.4 Å². The second kappa shape index (κ2) is 15.8. The van der Waals surface area contributed by atoms with Crippen LogP contribution in [-0.4, -0.2) is 103 Å². The number of carbonyl (C=O) groups is 2. The number of carbonyl (C=O) groups excluding carboxylic acids is 2. The van der Waals surface area contributed by atoms with Crippen molar-refractivity contribution >= 4 is 59.6 Å². The first-order valence-corrected chi connectivity index (χ1v) is 24.7. The highest BCUT2D eigenvalue weighted by molar-refractivity contribution is 7.08. The lowest BCUT2D eigenvalue weighted by Gasteiger charge is -2.47. The van der Waals surface area contributed by atoms with Crippen molar-refractivity contribution in [3.05, 3.63) is 63.4 Å². The fourth-order valence-corrected chi connectivity index (χ4v) is 10.6. The van der Waals surface area contributed by atoms with Gasteiger partial charge in [-0.15, -0.1) is 15.7 Å². The fourth-order valence-electron chi connectivity index (χ4n) is 9.44. The molecule has 2 amide bonds. The van der Waals surface area contributed by atoms with Crippen LogP contribution in [0.3, 0.4) is 0 Å². The Hall–Kier alpha value is -4.02. The van der Waals surface area contributed by atoms with Crippen LogP contribution in [0.4, 0.5) is 0 Å². The van der Waals surface area contributed by atoms with Crippen molar-refractivity contribution in [1.82, 2.24) is 20.4 Å². The summed E-state index contributed by atoms with van der Waals surface area (Å²) >= 11 is 1.68. The van der Waals surface area contributed by atoms with Crippen LogP contribution in [0.25, 0.3) is 5.57 Å².